The van der Waals surface area contributed by atoms with Crippen molar-refractivity contribution < 1.29 is 4.74 Å². The number of ether oxygens (including phenoxy) is 1. The van der Waals surface area contributed by atoms with Crippen LogP contribution in [0.2, 0.25) is 0 Å². The van der Waals surface area contributed by atoms with Gasteiger partial charge in [-0.2, -0.15) is 0 Å². The second-order valence-electron chi connectivity index (χ2n) is 9.80. The molecule has 190 valence electrons. The summed E-state index contributed by atoms with van der Waals surface area (Å²) in [6, 6.07) is 10.2. The summed E-state index contributed by atoms with van der Waals surface area (Å²) in [5.74, 6) is 1.39. The van der Waals surface area contributed by atoms with Crippen LogP contribution in [-0.2, 0) is 0 Å². The van der Waals surface area contributed by atoms with E-state index in [1.807, 2.05) is 42.5 Å². The summed E-state index contributed by atoms with van der Waals surface area (Å²) in [5, 5.41) is 0. The van der Waals surface area contributed by atoms with Crippen molar-refractivity contribution in [1.29, 1.82) is 0 Å². The van der Waals surface area contributed by atoms with Crippen molar-refractivity contribution in [2.45, 2.75) is 103 Å². The average Bonchev–Trinajstić information content (AvgIpc) is 3.42. The molecule has 0 fully saturated rings. The number of benzene rings is 1. The van der Waals surface area contributed by atoms with E-state index in [1.165, 1.54) is 83.5 Å². The molecule has 0 bridgehead atoms. The second kappa shape index (κ2) is 16.1. The van der Waals surface area contributed by atoms with Gasteiger partial charge >= 0.3 is 0 Å². The third kappa shape index (κ3) is 10.3. The van der Waals surface area contributed by atoms with E-state index in [2.05, 4.69) is 29.0 Å². The van der Waals surface area contributed by atoms with E-state index >= 15 is 0 Å². The molecule has 4 nitrogen and oxygen atoms in total. The van der Waals surface area contributed by atoms with Crippen LogP contribution in [-0.4, -0.2) is 16.6 Å². The Balaban J connectivity index is 1.24. The monoisotopic (exact) mass is 475 g/mol. The fraction of sp³-hybridized carbons (Fsp3) is 0.548. The van der Waals surface area contributed by atoms with Gasteiger partial charge in [0.25, 0.3) is 0 Å². The SMILES string of the molecule is CCCCCCCCCCCCCCCCOc1ccc(-c2cc(C3C=CC=C3)nc(N)n2)cc1. The number of nitrogens with zero attached hydrogens (tertiary/aromatic N) is 2. The molecule has 4 heteroatoms. The van der Waals surface area contributed by atoms with Crippen LogP contribution in [0.1, 0.15) is 108 Å². The minimum Gasteiger partial charge on any atom is -0.494 e. The molecule has 1 heterocycles. The van der Waals surface area contributed by atoms with E-state index in [0.717, 1.165) is 35.7 Å². The molecule has 0 atom stereocenters. The topological polar surface area (TPSA) is 61.0 Å². The first-order valence-electron chi connectivity index (χ1n) is 14.0. The van der Waals surface area contributed by atoms with Crippen LogP contribution in [0.4, 0.5) is 5.95 Å². The first-order valence-corrected chi connectivity index (χ1v) is 14.0. The summed E-state index contributed by atoms with van der Waals surface area (Å²) in [5.41, 5.74) is 8.77. The molecule has 2 N–H and O–H groups in total. The zero-order chi connectivity index (χ0) is 24.6. The molecule has 1 aromatic carbocycles. The Morgan fingerprint density at radius 3 is 1.83 bits per heavy atom. The fourth-order valence-corrected chi connectivity index (χ4v) is 4.64. The first-order chi connectivity index (χ1) is 17.3. The van der Waals surface area contributed by atoms with Gasteiger partial charge in [0, 0.05) is 11.5 Å². The molecule has 0 aliphatic heterocycles. The molecule has 0 unspecified atom stereocenters. The Kier molecular flexibility index (Phi) is 12.4. The maximum atomic E-state index is 5.97. The van der Waals surface area contributed by atoms with Crippen molar-refractivity contribution in [2.75, 3.05) is 12.3 Å². The third-order valence-electron chi connectivity index (χ3n) is 6.77. The highest BCUT2D eigenvalue weighted by Gasteiger charge is 2.12. The lowest BCUT2D eigenvalue weighted by molar-refractivity contribution is 0.304. The summed E-state index contributed by atoms with van der Waals surface area (Å²) in [6.45, 7) is 3.07. The molecular weight excluding hydrogens is 430 g/mol. The molecular formula is C31H45N3O. The van der Waals surface area contributed by atoms with E-state index in [4.69, 9.17) is 10.5 Å². The Labute approximate surface area is 213 Å². The lowest BCUT2D eigenvalue weighted by Crippen LogP contribution is -2.03. The van der Waals surface area contributed by atoms with Gasteiger partial charge in [-0.05, 0) is 36.8 Å². The van der Waals surface area contributed by atoms with Crippen LogP contribution in [0, 0.1) is 0 Å². The van der Waals surface area contributed by atoms with Crippen molar-refractivity contribution in [3.63, 3.8) is 0 Å². The number of nitrogens with two attached hydrogens (primary N) is 1. The van der Waals surface area contributed by atoms with Crippen LogP contribution in [0.5, 0.6) is 5.75 Å². The Morgan fingerprint density at radius 2 is 1.26 bits per heavy atom. The molecule has 1 aliphatic rings. The summed E-state index contributed by atoms with van der Waals surface area (Å²) in [6.07, 6.45) is 27.5. The van der Waals surface area contributed by atoms with Gasteiger partial charge in [-0.15, -0.1) is 0 Å². The number of anilines is 1. The van der Waals surface area contributed by atoms with Crippen LogP contribution in [0.15, 0.2) is 54.6 Å². The second-order valence-corrected chi connectivity index (χ2v) is 9.80. The summed E-state index contributed by atoms with van der Waals surface area (Å²) in [4.78, 5) is 8.83. The molecule has 2 aromatic rings. The molecule has 3 rings (SSSR count). The van der Waals surface area contributed by atoms with Gasteiger partial charge in [-0.25, -0.2) is 9.97 Å². The minimum atomic E-state index is 0.173. The zero-order valence-electron chi connectivity index (χ0n) is 21.8. The number of hydrogen-bond donors (Lipinski definition) is 1. The van der Waals surface area contributed by atoms with Crippen LogP contribution < -0.4 is 10.5 Å². The summed E-state index contributed by atoms with van der Waals surface area (Å²) in [7, 11) is 0. The molecule has 0 radical (unpaired) electrons. The van der Waals surface area contributed by atoms with Gasteiger partial charge in [0.15, 0.2) is 0 Å². The van der Waals surface area contributed by atoms with Gasteiger partial charge in [-0.1, -0.05) is 115 Å². The smallest absolute Gasteiger partial charge is 0.220 e. The highest BCUT2D eigenvalue weighted by molar-refractivity contribution is 5.62. The molecule has 35 heavy (non-hydrogen) atoms. The van der Waals surface area contributed by atoms with E-state index < -0.39 is 0 Å². The Hall–Kier alpha value is -2.62. The molecule has 0 saturated carbocycles. The maximum absolute atomic E-state index is 5.97. The minimum absolute atomic E-state index is 0.173. The van der Waals surface area contributed by atoms with Crippen molar-refractivity contribution in [2.24, 2.45) is 0 Å². The molecule has 0 saturated heterocycles. The van der Waals surface area contributed by atoms with Crippen LogP contribution >= 0.6 is 0 Å². The summed E-state index contributed by atoms with van der Waals surface area (Å²) < 4.78 is 5.96. The number of allylic oxidation sites excluding steroid dienone is 4. The summed E-state index contributed by atoms with van der Waals surface area (Å²) >= 11 is 0. The molecule has 1 aromatic heterocycles. The van der Waals surface area contributed by atoms with Gasteiger partial charge in [0.2, 0.25) is 5.95 Å². The molecule has 1 aliphatic carbocycles. The number of nitrogen functional groups attached to an aromatic ring is 1. The van der Waals surface area contributed by atoms with Crippen LogP contribution in [0.3, 0.4) is 0 Å². The van der Waals surface area contributed by atoms with Crippen molar-refractivity contribution in [3.8, 4) is 17.0 Å². The normalized spacial score (nSPS) is 13.1. The highest BCUT2D eigenvalue weighted by atomic mass is 16.5. The molecule has 0 spiro atoms. The Bertz CT molecular complexity index is 892. The quantitative estimate of drug-likeness (QED) is 0.219. The van der Waals surface area contributed by atoms with Gasteiger partial charge < -0.3 is 10.5 Å². The third-order valence-corrected chi connectivity index (χ3v) is 6.77. The van der Waals surface area contributed by atoms with Crippen molar-refractivity contribution in [3.05, 3.63) is 60.3 Å². The number of hydrogen-bond acceptors (Lipinski definition) is 4. The zero-order valence-corrected chi connectivity index (χ0v) is 21.8. The van der Waals surface area contributed by atoms with Crippen LogP contribution in [0.25, 0.3) is 11.3 Å². The Morgan fingerprint density at radius 1 is 0.714 bits per heavy atom. The maximum Gasteiger partial charge on any atom is 0.220 e. The predicted octanol–water partition coefficient (Wildman–Crippen LogP) is 8.80. The number of rotatable bonds is 18. The molecule has 0 amide bonds. The number of aromatic nitrogens is 2. The average molecular weight is 476 g/mol. The standard InChI is InChI=1S/C31H45N3O/c1-2-3-4-5-6-7-8-9-10-11-12-13-14-17-24-35-28-22-20-27(21-23-28)30-25-29(33-31(32)34-30)26-18-15-16-19-26/h15-16,18-23,25-26H,2-14,17,24H2,1H3,(H2,32,33,34). The first kappa shape index (κ1) is 27.0. The fourth-order valence-electron chi connectivity index (χ4n) is 4.64. The van der Waals surface area contributed by atoms with Crippen molar-refractivity contribution >= 4 is 5.95 Å². The van der Waals surface area contributed by atoms with Crippen molar-refractivity contribution in [1.82, 2.24) is 9.97 Å². The number of unbranched alkanes of at least 4 members (excludes halogenated alkanes) is 13. The lowest BCUT2D eigenvalue weighted by atomic mass is 10.0. The van der Waals surface area contributed by atoms with Gasteiger partial charge in [-0.3, -0.25) is 0 Å². The van der Waals surface area contributed by atoms with Gasteiger partial charge in [0.05, 0.1) is 18.0 Å². The lowest BCUT2D eigenvalue weighted by Gasteiger charge is -2.10. The van der Waals surface area contributed by atoms with E-state index in [0.29, 0.717) is 5.95 Å². The van der Waals surface area contributed by atoms with E-state index in [9.17, 15) is 0 Å². The van der Waals surface area contributed by atoms with E-state index in [-0.39, 0.29) is 5.92 Å². The highest BCUT2D eigenvalue weighted by Crippen LogP contribution is 2.27. The van der Waals surface area contributed by atoms with Gasteiger partial charge in [0.1, 0.15) is 5.75 Å². The predicted molar refractivity (Wildman–Crippen MR) is 149 cm³/mol. The van der Waals surface area contributed by atoms with E-state index in [1.54, 1.807) is 0 Å². The largest absolute Gasteiger partial charge is 0.494 e.